The van der Waals surface area contributed by atoms with Gasteiger partial charge in [0.1, 0.15) is 0 Å². The molecule has 59 heavy (non-hydrogen) atoms. The maximum absolute atomic E-state index is 6.87. The molecule has 276 valence electrons. The summed E-state index contributed by atoms with van der Waals surface area (Å²) in [6.45, 7) is 0. The third-order valence-corrected chi connectivity index (χ3v) is 13.5. The van der Waals surface area contributed by atoms with Crippen molar-refractivity contribution in [3.8, 4) is 45.0 Å². The second kappa shape index (κ2) is 13.3. The summed E-state index contributed by atoms with van der Waals surface area (Å²) in [7, 11) is 0. The minimum Gasteiger partial charge on any atom is -0.208 e. The minimum absolute atomic E-state index is 0.163. The van der Waals surface area contributed by atoms with Crippen LogP contribution in [0.2, 0.25) is 5.28 Å². The highest BCUT2D eigenvalue weighted by Crippen LogP contribution is 2.56. The summed E-state index contributed by atoms with van der Waals surface area (Å²) in [5.74, 6) is 1.11. The molecule has 0 saturated heterocycles. The Kier molecular flexibility index (Phi) is 7.68. The van der Waals surface area contributed by atoms with Crippen molar-refractivity contribution in [1.29, 1.82) is 0 Å². The van der Waals surface area contributed by atoms with E-state index in [9.17, 15) is 0 Å². The maximum Gasteiger partial charge on any atom is 0.226 e. The second-order valence-electron chi connectivity index (χ2n) is 15.2. The molecule has 11 aromatic rings. The van der Waals surface area contributed by atoms with Crippen molar-refractivity contribution >= 4 is 64.7 Å². The Morgan fingerprint density at radius 3 is 1.59 bits per heavy atom. The molecule has 2 heterocycles. The summed E-state index contributed by atoms with van der Waals surface area (Å²) in [6, 6.07) is 70.1. The van der Waals surface area contributed by atoms with Crippen LogP contribution in [-0.2, 0) is 5.41 Å². The summed E-state index contributed by atoms with van der Waals surface area (Å²) in [5.41, 5.74) is 11.3. The van der Waals surface area contributed by atoms with Crippen LogP contribution in [0.3, 0.4) is 0 Å². The maximum atomic E-state index is 6.87. The Balaban J connectivity index is 1.10. The number of aromatic nitrogens is 3. The first kappa shape index (κ1) is 34.1. The molecule has 0 spiro atoms. The number of thiophene rings is 1. The van der Waals surface area contributed by atoms with Crippen LogP contribution >= 0.6 is 22.9 Å². The van der Waals surface area contributed by atoms with Crippen molar-refractivity contribution in [3.63, 3.8) is 0 Å². The fourth-order valence-electron chi connectivity index (χ4n) is 9.81. The number of fused-ring (bicyclic) bond motifs is 8. The van der Waals surface area contributed by atoms with E-state index >= 15 is 0 Å². The first-order valence-electron chi connectivity index (χ1n) is 19.8. The Bertz CT molecular complexity index is 3380. The van der Waals surface area contributed by atoms with Gasteiger partial charge in [-0.2, -0.15) is 9.97 Å². The summed E-state index contributed by atoms with van der Waals surface area (Å²) >= 11 is 8.62. The summed E-state index contributed by atoms with van der Waals surface area (Å²) in [5, 5.41) is 6.90. The summed E-state index contributed by atoms with van der Waals surface area (Å²) in [6.07, 6.45) is 0. The lowest BCUT2D eigenvalue weighted by Crippen LogP contribution is -2.28. The highest BCUT2D eigenvalue weighted by atomic mass is 35.5. The van der Waals surface area contributed by atoms with E-state index in [2.05, 4.69) is 194 Å². The number of rotatable bonds is 5. The number of halogens is 1. The fourth-order valence-corrected chi connectivity index (χ4v) is 11.2. The van der Waals surface area contributed by atoms with E-state index in [0.29, 0.717) is 11.6 Å². The average molecular weight is 790 g/mol. The number of benzene rings is 9. The zero-order valence-electron chi connectivity index (χ0n) is 31.6. The van der Waals surface area contributed by atoms with Gasteiger partial charge in [0.25, 0.3) is 0 Å². The van der Waals surface area contributed by atoms with Gasteiger partial charge in [0, 0.05) is 31.3 Å². The Labute approximate surface area is 349 Å². The van der Waals surface area contributed by atoms with E-state index in [1.807, 2.05) is 0 Å². The van der Waals surface area contributed by atoms with E-state index in [4.69, 9.17) is 26.6 Å². The molecule has 3 nitrogen and oxygen atoms in total. The topological polar surface area (TPSA) is 38.7 Å². The van der Waals surface area contributed by atoms with Gasteiger partial charge in [-0.1, -0.05) is 176 Å². The van der Waals surface area contributed by atoms with E-state index in [0.717, 1.165) is 42.9 Å². The number of hydrogen-bond donors (Lipinski definition) is 0. The molecule has 2 aromatic heterocycles. The largest absolute Gasteiger partial charge is 0.226 e. The molecule has 12 rings (SSSR count). The lowest BCUT2D eigenvalue weighted by Gasteiger charge is -2.34. The van der Waals surface area contributed by atoms with Gasteiger partial charge in [-0.3, -0.25) is 0 Å². The first-order chi connectivity index (χ1) is 29.2. The van der Waals surface area contributed by atoms with Crippen LogP contribution in [0.15, 0.2) is 194 Å². The number of nitrogens with zero attached hydrogens (tertiary/aromatic N) is 3. The van der Waals surface area contributed by atoms with E-state index < -0.39 is 5.41 Å². The van der Waals surface area contributed by atoms with Crippen molar-refractivity contribution in [2.45, 2.75) is 5.41 Å². The van der Waals surface area contributed by atoms with E-state index in [1.54, 1.807) is 11.3 Å². The molecule has 5 heteroatoms. The van der Waals surface area contributed by atoms with Crippen LogP contribution in [0.5, 0.6) is 0 Å². The van der Waals surface area contributed by atoms with Crippen LogP contribution in [-0.4, -0.2) is 15.0 Å². The molecule has 0 atom stereocenters. The molecule has 0 amide bonds. The van der Waals surface area contributed by atoms with Gasteiger partial charge in [-0.15, -0.1) is 11.3 Å². The van der Waals surface area contributed by atoms with Crippen LogP contribution in [0.4, 0.5) is 0 Å². The molecule has 0 N–H and O–H groups in total. The zero-order valence-corrected chi connectivity index (χ0v) is 33.2. The first-order valence-corrected chi connectivity index (χ1v) is 21.0. The monoisotopic (exact) mass is 789 g/mol. The average Bonchev–Trinajstić information content (AvgIpc) is 3.82. The molecule has 1 aliphatic rings. The molecule has 0 unspecified atom stereocenters. The van der Waals surface area contributed by atoms with Gasteiger partial charge in [0.15, 0.2) is 11.6 Å². The van der Waals surface area contributed by atoms with Crippen LogP contribution in [0.25, 0.3) is 86.7 Å². The van der Waals surface area contributed by atoms with Crippen molar-refractivity contribution in [2.75, 3.05) is 0 Å². The minimum atomic E-state index is -0.509. The zero-order chi connectivity index (χ0) is 39.1. The van der Waals surface area contributed by atoms with Crippen molar-refractivity contribution in [2.24, 2.45) is 0 Å². The molecular weight excluding hydrogens is 758 g/mol. The van der Waals surface area contributed by atoms with E-state index in [1.165, 1.54) is 54.4 Å². The summed E-state index contributed by atoms with van der Waals surface area (Å²) < 4.78 is 2.36. The predicted molar refractivity (Wildman–Crippen MR) is 246 cm³/mol. The third-order valence-electron chi connectivity index (χ3n) is 12.2. The second-order valence-corrected chi connectivity index (χ2v) is 16.6. The standard InChI is InChI=1S/C54H32ClN3S/c55-53-57-51(44-28-15-27-43-38-22-10-13-31-47(38)59-50(43)44)56-52(58-53)49-41-25-6-4-23-39(41)48(40-24-5-7-26-42(40)49)33-16-14-19-35(32-33)54(34-17-2-1-3-18-34)45-29-11-8-20-36(45)37-21-9-12-30-46(37)54/h1-32H. The Morgan fingerprint density at radius 2 is 0.898 bits per heavy atom. The molecule has 0 aliphatic heterocycles. The van der Waals surface area contributed by atoms with E-state index in [-0.39, 0.29) is 5.28 Å². The summed E-state index contributed by atoms with van der Waals surface area (Å²) in [4.78, 5) is 14.8. The quantitative estimate of drug-likeness (QED) is 0.163. The Morgan fingerprint density at radius 1 is 0.390 bits per heavy atom. The van der Waals surface area contributed by atoms with Gasteiger partial charge < -0.3 is 0 Å². The van der Waals surface area contributed by atoms with Gasteiger partial charge in [-0.05, 0) is 95.9 Å². The molecule has 1 aliphatic carbocycles. The van der Waals surface area contributed by atoms with Crippen molar-refractivity contribution in [1.82, 2.24) is 15.0 Å². The third kappa shape index (κ3) is 5.04. The fraction of sp³-hybridized carbons (Fsp3) is 0.0185. The van der Waals surface area contributed by atoms with Crippen LogP contribution in [0.1, 0.15) is 22.3 Å². The molecule has 0 radical (unpaired) electrons. The van der Waals surface area contributed by atoms with Gasteiger partial charge in [-0.25, -0.2) is 4.98 Å². The van der Waals surface area contributed by atoms with Crippen molar-refractivity contribution in [3.05, 3.63) is 222 Å². The number of hydrogen-bond acceptors (Lipinski definition) is 4. The van der Waals surface area contributed by atoms with Crippen LogP contribution in [0, 0.1) is 0 Å². The smallest absolute Gasteiger partial charge is 0.208 e. The highest BCUT2D eigenvalue weighted by molar-refractivity contribution is 7.26. The normalized spacial score (nSPS) is 13.0. The predicted octanol–water partition coefficient (Wildman–Crippen LogP) is 14.6. The molecule has 0 bridgehead atoms. The van der Waals surface area contributed by atoms with Gasteiger partial charge in [0.05, 0.1) is 5.41 Å². The van der Waals surface area contributed by atoms with Gasteiger partial charge in [0.2, 0.25) is 5.28 Å². The molecule has 9 aromatic carbocycles. The highest BCUT2D eigenvalue weighted by Gasteiger charge is 2.46. The van der Waals surface area contributed by atoms with Crippen LogP contribution < -0.4 is 0 Å². The molecular formula is C54H32ClN3S. The lowest BCUT2D eigenvalue weighted by molar-refractivity contribution is 0.769. The molecule has 0 fully saturated rings. The van der Waals surface area contributed by atoms with Gasteiger partial charge >= 0.3 is 0 Å². The molecule has 0 saturated carbocycles. The Hall–Kier alpha value is -6.98. The SMILES string of the molecule is Clc1nc(-c2c3ccccc3c(-c3cccc(C4(c5ccccc5)c5ccccc5-c5ccccc54)c3)c3ccccc23)nc(-c2cccc3c2sc2ccccc23)n1. The lowest BCUT2D eigenvalue weighted by atomic mass is 9.67. The van der Waals surface area contributed by atoms with Crippen molar-refractivity contribution < 1.29 is 0 Å².